The number of anilines is 3. The molecule has 12 heteroatoms. The molecule has 1 N–H and O–H groups in total. The van der Waals surface area contributed by atoms with E-state index in [0.29, 0.717) is 47.9 Å². The summed E-state index contributed by atoms with van der Waals surface area (Å²) in [7, 11) is 6.78. The molecule has 0 aliphatic carbocycles. The van der Waals surface area contributed by atoms with E-state index in [9.17, 15) is 0 Å². The maximum Gasteiger partial charge on any atom is 0.229 e. The first-order valence-corrected chi connectivity index (χ1v) is 14.9. The average Bonchev–Trinajstić information content (AvgIpc) is 3.55. The Hall–Kier alpha value is -6.04. The number of aryl methyl sites for hydroxylation is 2. The fourth-order valence-corrected chi connectivity index (χ4v) is 5.00. The molecule has 6 rings (SSSR count). The highest BCUT2D eigenvalue weighted by Gasteiger charge is 2.19. The van der Waals surface area contributed by atoms with E-state index < -0.39 is 0 Å². The van der Waals surface area contributed by atoms with Gasteiger partial charge in [0.2, 0.25) is 11.8 Å². The Balaban J connectivity index is 1.42. The lowest BCUT2D eigenvalue weighted by Crippen LogP contribution is -2.25. The van der Waals surface area contributed by atoms with Crippen LogP contribution in [0.2, 0.25) is 0 Å². The van der Waals surface area contributed by atoms with Gasteiger partial charge in [-0.15, -0.1) is 0 Å². The maximum atomic E-state index is 5.38. The van der Waals surface area contributed by atoms with Crippen molar-refractivity contribution >= 4 is 17.5 Å². The standard InChI is InChI=1S/C35H35N9O3/c1-23-39-34(31-16-26(27-18-38-43(2)22-27)17-37-33(31)41-28-10-15-32(47-5)36-19-28)42-35(40-23)44(20-24-6-11-29(45-3)12-7-24)21-25-8-13-30(46-4)14-9-25/h6-19,22H,20-21H2,1-5H3,(H,37,41). The van der Waals surface area contributed by atoms with Gasteiger partial charge in [0.05, 0.1) is 45.0 Å². The molecule has 4 aromatic heterocycles. The molecule has 0 spiro atoms. The highest BCUT2D eigenvalue weighted by Crippen LogP contribution is 2.32. The van der Waals surface area contributed by atoms with Gasteiger partial charge in [-0.1, -0.05) is 24.3 Å². The van der Waals surface area contributed by atoms with Gasteiger partial charge in [0.1, 0.15) is 23.1 Å². The zero-order chi connectivity index (χ0) is 32.8. The molecule has 0 fully saturated rings. The molecule has 0 bridgehead atoms. The molecule has 0 atom stereocenters. The van der Waals surface area contributed by atoms with E-state index in [1.807, 2.05) is 80.8 Å². The van der Waals surface area contributed by atoms with E-state index in [1.165, 1.54) is 0 Å². The van der Waals surface area contributed by atoms with Gasteiger partial charge >= 0.3 is 0 Å². The Morgan fingerprint density at radius 2 is 1.40 bits per heavy atom. The number of nitrogens with one attached hydrogen (secondary N) is 1. The first-order valence-electron chi connectivity index (χ1n) is 14.9. The first-order chi connectivity index (χ1) is 22.9. The van der Waals surface area contributed by atoms with Gasteiger partial charge in [0, 0.05) is 49.7 Å². The van der Waals surface area contributed by atoms with Crippen LogP contribution in [-0.2, 0) is 20.1 Å². The van der Waals surface area contributed by atoms with Gasteiger partial charge in [0.25, 0.3) is 0 Å². The van der Waals surface area contributed by atoms with Crippen molar-refractivity contribution in [2.75, 3.05) is 31.5 Å². The van der Waals surface area contributed by atoms with Crippen LogP contribution in [0, 0.1) is 6.92 Å². The van der Waals surface area contributed by atoms with Gasteiger partial charge < -0.3 is 24.4 Å². The summed E-state index contributed by atoms with van der Waals surface area (Å²) < 4.78 is 17.7. The molecule has 12 nitrogen and oxygen atoms in total. The van der Waals surface area contributed by atoms with Crippen molar-refractivity contribution in [1.82, 2.24) is 34.7 Å². The van der Waals surface area contributed by atoms with E-state index in [4.69, 9.17) is 34.1 Å². The van der Waals surface area contributed by atoms with Crippen LogP contribution in [0.5, 0.6) is 17.4 Å². The number of methoxy groups -OCH3 is 3. The average molecular weight is 630 g/mol. The summed E-state index contributed by atoms with van der Waals surface area (Å²) in [6, 6.07) is 21.6. The van der Waals surface area contributed by atoms with Crippen molar-refractivity contribution in [1.29, 1.82) is 0 Å². The fourth-order valence-electron chi connectivity index (χ4n) is 5.00. The van der Waals surface area contributed by atoms with Crippen molar-refractivity contribution in [3.8, 4) is 39.9 Å². The smallest absolute Gasteiger partial charge is 0.229 e. The lowest BCUT2D eigenvalue weighted by atomic mass is 10.1. The van der Waals surface area contributed by atoms with Gasteiger partial charge in [-0.2, -0.15) is 15.1 Å². The van der Waals surface area contributed by atoms with E-state index in [-0.39, 0.29) is 0 Å². The molecule has 6 aromatic rings. The first kappa shape index (κ1) is 31.0. The van der Waals surface area contributed by atoms with Crippen molar-refractivity contribution in [2.45, 2.75) is 20.0 Å². The fraction of sp³-hybridized carbons (Fsp3) is 0.200. The van der Waals surface area contributed by atoms with Gasteiger partial charge in [-0.3, -0.25) is 4.68 Å². The minimum Gasteiger partial charge on any atom is -0.497 e. The quantitative estimate of drug-likeness (QED) is 0.171. The SMILES string of the molecule is COc1ccc(CN(Cc2ccc(OC)cc2)c2nc(C)nc(-c3cc(-c4cnn(C)c4)cnc3Nc3ccc(OC)nc3)n2)cc1. The van der Waals surface area contributed by atoms with Gasteiger partial charge in [-0.25, -0.2) is 15.0 Å². The van der Waals surface area contributed by atoms with Crippen LogP contribution < -0.4 is 24.4 Å². The third kappa shape index (κ3) is 7.44. The number of hydrogen-bond donors (Lipinski definition) is 1. The zero-order valence-electron chi connectivity index (χ0n) is 26.9. The lowest BCUT2D eigenvalue weighted by Gasteiger charge is -2.24. The second-order valence-corrected chi connectivity index (χ2v) is 10.8. The topological polar surface area (TPSA) is 125 Å². The van der Waals surface area contributed by atoms with E-state index >= 15 is 0 Å². The van der Waals surface area contributed by atoms with E-state index in [0.717, 1.165) is 39.4 Å². The number of rotatable bonds is 12. The van der Waals surface area contributed by atoms with Crippen LogP contribution in [0.3, 0.4) is 0 Å². The Bertz CT molecular complexity index is 1890. The molecule has 4 heterocycles. The summed E-state index contributed by atoms with van der Waals surface area (Å²) in [4.78, 5) is 25.9. The molecule has 0 saturated heterocycles. The van der Waals surface area contributed by atoms with Gasteiger partial charge in [-0.05, 0) is 54.4 Å². The van der Waals surface area contributed by atoms with Gasteiger partial charge in [0.15, 0.2) is 5.82 Å². The molecule has 238 valence electrons. The minimum absolute atomic E-state index is 0.476. The Morgan fingerprint density at radius 1 is 0.723 bits per heavy atom. The number of benzene rings is 2. The predicted octanol–water partition coefficient (Wildman–Crippen LogP) is 6.01. The third-order valence-corrected chi connectivity index (χ3v) is 7.46. The third-order valence-electron chi connectivity index (χ3n) is 7.46. The summed E-state index contributed by atoms with van der Waals surface area (Å²) in [5.74, 6) is 4.25. The normalized spacial score (nSPS) is 10.8. The number of aromatic nitrogens is 7. The van der Waals surface area contributed by atoms with Crippen molar-refractivity contribution in [3.05, 3.63) is 108 Å². The summed E-state index contributed by atoms with van der Waals surface area (Å²) in [6.07, 6.45) is 7.23. The Labute approximate surface area is 273 Å². The highest BCUT2D eigenvalue weighted by atomic mass is 16.5. The van der Waals surface area contributed by atoms with Crippen molar-refractivity contribution < 1.29 is 14.2 Å². The number of ether oxygens (including phenoxy) is 3. The molecule has 0 saturated carbocycles. The molecular formula is C35H35N9O3. The summed E-state index contributed by atoms with van der Waals surface area (Å²) in [6.45, 7) is 2.97. The predicted molar refractivity (Wildman–Crippen MR) is 180 cm³/mol. The lowest BCUT2D eigenvalue weighted by molar-refractivity contribution is 0.398. The number of nitrogens with zero attached hydrogens (tertiary/aromatic N) is 8. The Kier molecular flexibility index (Phi) is 9.18. The van der Waals surface area contributed by atoms with Crippen LogP contribution in [-0.4, -0.2) is 56.0 Å². The molecule has 0 aliphatic heterocycles. The monoisotopic (exact) mass is 629 g/mol. The van der Waals surface area contributed by atoms with Crippen LogP contribution in [0.1, 0.15) is 17.0 Å². The molecular weight excluding hydrogens is 594 g/mol. The van der Waals surface area contributed by atoms with Crippen molar-refractivity contribution in [3.63, 3.8) is 0 Å². The zero-order valence-corrected chi connectivity index (χ0v) is 26.9. The summed E-state index contributed by atoms with van der Waals surface area (Å²) >= 11 is 0. The van der Waals surface area contributed by atoms with E-state index in [2.05, 4.69) is 20.3 Å². The molecule has 0 unspecified atom stereocenters. The van der Waals surface area contributed by atoms with Crippen LogP contribution >= 0.6 is 0 Å². The largest absolute Gasteiger partial charge is 0.497 e. The highest BCUT2D eigenvalue weighted by molar-refractivity contribution is 5.79. The summed E-state index contributed by atoms with van der Waals surface area (Å²) in [5, 5.41) is 7.73. The van der Waals surface area contributed by atoms with Crippen molar-refractivity contribution in [2.24, 2.45) is 7.05 Å². The number of pyridine rings is 2. The second-order valence-electron chi connectivity index (χ2n) is 10.8. The number of hydrogen-bond acceptors (Lipinski definition) is 11. The van der Waals surface area contributed by atoms with Crippen LogP contribution in [0.25, 0.3) is 22.5 Å². The summed E-state index contributed by atoms with van der Waals surface area (Å²) in [5.41, 5.74) is 5.38. The molecule has 0 amide bonds. The van der Waals surface area contributed by atoms with Crippen LogP contribution in [0.4, 0.5) is 17.5 Å². The molecule has 0 radical (unpaired) electrons. The maximum absolute atomic E-state index is 5.38. The molecule has 47 heavy (non-hydrogen) atoms. The second kappa shape index (κ2) is 13.9. The van der Waals surface area contributed by atoms with Crippen LogP contribution in [0.15, 0.2) is 91.5 Å². The van der Waals surface area contributed by atoms with E-state index in [1.54, 1.807) is 50.7 Å². The molecule has 0 aliphatic rings. The molecule has 2 aromatic carbocycles. The minimum atomic E-state index is 0.476. The Morgan fingerprint density at radius 3 is 1.96 bits per heavy atom.